The summed E-state index contributed by atoms with van der Waals surface area (Å²) in [6.07, 6.45) is 0.929. The maximum absolute atomic E-state index is 12.8. The third-order valence-corrected chi connectivity index (χ3v) is 5.86. The number of imide groups is 1. The molecule has 0 unspecified atom stereocenters. The first-order valence-electron chi connectivity index (χ1n) is 11.3. The van der Waals surface area contributed by atoms with Crippen LogP contribution in [0.4, 0.5) is 0 Å². The minimum atomic E-state index is -1.05. The van der Waals surface area contributed by atoms with E-state index in [1.807, 2.05) is 13.8 Å². The standard InChI is InChI=1S/C22H35ClN4O7/c1-12(2)19(16(28)11-23)27-10-6-7-15(27)22(33)26-21(32)14(4)25-20(31)13(3)24-17(29)8-9-18(30)34-5/h12-15,19H,6-11H2,1-5H3,(H,24,29)(H,25,31)(H,26,32,33)/t13-,14-,15-,19-/m0/s1. The number of nitrogens with one attached hydrogen (secondary N) is 3. The van der Waals surface area contributed by atoms with Gasteiger partial charge in [-0.25, -0.2) is 0 Å². The van der Waals surface area contributed by atoms with E-state index in [9.17, 15) is 28.8 Å². The molecular weight excluding hydrogens is 468 g/mol. The van der Waals surface area contributed by atoms with Crippen molar-refractivity contribution in [3.8, 4) is 0 Å². The highest BCUT2D eigenvalue weighted by Gasteiger charge is 2.40. The normalized spacial score (nSPS) is 18.5. The van der Waals surface area contributed by atoms with E-state index in [1.165, 1.54) is 21.0 Å². The number of nitrogens with zero attached hydrogens (tertiary/aromatic N) is 1. The van der Waals surface area contributed by atoms with Gasteiger partial charge < -0.3 is 15.4 Å². The van der Waals surface area contributed by atoms with Crippen LogP contribution in [0, 0.1) is 5.92 Å². The lowest BCUT2D eigenvalue weighted by Gasteiger charge is -2.33. The number of amides is 4. The fraction of sp³-hybridized carbons (Fsp3) is 0.727. The van der Waals surface area contributed by atoms with Crippen LogP contribution in [0.3, 0.4) is 0 Å². The number of methoxy groups -OCH3 is 1. The Hall–Kier alpha value is -2.53. The van der Waals surface area contributed by atoms with E-state index in [1.54, 1.807) is 4.90 Å². The van der Waals surface area contributed by atoms with E-state index in [-0.39, 0.29) is 30.4 Å². The number of halogens is 1. The van der Waals surface area contributed by atoms with Crippen LogP contribution in [-0.2, 0) is 33.5 Å². The highest BCUT2D eigenvalue weighted by molar-refractivity contribution is 6.28. The summed E-state index contributed by atoms with van der Waals surface area (Å²) in [5.74, 6) is -3.34. The number of esters is 1. The smallest absolute Gasteiger partial charge is 0.306 e. The predicted molar refractivity (Wildman–Crippen MR) is 124 cm³/mol. The molecule has 1 aliphatic rings. The molecule has 4 atom stereocenters. The average molecular weight is 503 g/mol. The maximum Gasteiger partial charge on any atom is 0.306 e. The van der Waals surface area contributed by atoms with E-state index >= 15 is 0 Å². The molecular formula is C22H35ClN4O7. The number of ketones is 1. The summed E-state index contributed by atoms with van der Waals surface area (Å²) in [5, 5.41) is 7.18. The quantitative estimate of drug-likeness (QED) is 0.247. The van der Waals surface area contributed by atoms with Gasteiger partial charge in [-0.05, 0) is 39.2 Å². The van der Waals surface area contributed by atoms with E-state index in [4.69, 9.17) is 11.6 Å². The van der Waals surface area contributed by atoms with Crippen LogP contribution in [0.1, 0.15) is 53.4 Å². The highest BCUT2D eigenvalue weighted by Crippen LogP contribution is 2.25. The summed E-state index contributed by atoms with van der Waals surface area (Å²) in [6, 6.07) is -3.19. The molecule has 0 aromatic carbocycles. The molecule has 0 aliphatic carbocycles. The molecule has 192 valence electrons. The van der Waals surface area contributed by atoms with Gasteiger partial charge in [0.15, 0.2) is 5.78 Å². The Morgan fingerprint density at radius 1 is 0.971 bits per heavy atom. The van der Waals surface area contributed by atoms with Crippen LogP contribution < -0.4 is 16.0 Å². The Bertz CT molecular complexity index is 789. The average Bonchev–Trinajstić information content (AvgIpc) is 3.26. The van der Waals surface area contributed by atoms with Gasteiger partial charge >= 0.3 is 5.97 Å². The fourth-order valence-electron chi connectivity index (χ4n) is 3.84. The van der Waals surface area contributed by atoms with Crippen LogP contribution in [-0.4, -0.2) is 84.0 Å². The molecule has 1 heterocycles. The van der Waals surface area contributed by atoms with Gasteiger partial charge in [0.2, 0.25) is 23.6 Å². The molecule has 11 nitrogen and oxygen atoms in total. The summed E-state index contributed by atoms with van der Waals surface area (Å²) in [6.45, 7) is 7.13. The van der Waals surface area contributed by atoms with Gasteiger partial charge in [0.25, 0.3) is 0 Å². The molecule has 0 aromatic heterocycles. The molecule has 0 saturated carbocycles. The van der Waals surface area contributed by atoms with Crippen LogP contribution in [0.25, 0.3) is 0 Å². The molecule has 4 amide bonds. The number of likely N-dealkylation sites (tertiary alicyclic amines) is 1. The molecule has 0 radical (unpaired) electrons. The van der Waals surface area contributed by atoms with Crippen LogP contribution in [0.5, 0.6) is 0 Å². The minimum absolute atomic E-state index is 0.0575. The number of hydrogen-bond donors (Lipinski definition) is 3. The molecule has 1 fully saturated rings. The molecule has 0 spiro atoms. The molecule has 3 N–H and O–H groups in total. The molecule has 1 rings (SSSR count). The van der Waals surface area contributed by atoms with Crippen molar-refractivity contribution >= 4 is 47.0 Å². The van der Waals surface area contributed by atoms with E-state index in [0.717, 1.165) is 0 Å². The Morgan fingerprint density at radius 2 is 1.59 bits per heavy atom. The zero-order valence-corrected chi connectivity index (χ0v) is 21.1. The van der Waals surface area contributed by atoms with Gasteiger partial charge in [-0.15, -0.1) is 11.6 Å². The Kier molecular flexibility index (Phi) is 12.2. The monoisotopic (exact) mass is 502 g/mol. The molecule has 34 heavy (non-hydrogen) atoms. The van der Waals surface area contributed by atoms with Gasteiger partial charge in [0.05, 0.1) is 31.5 Å². The van der Waals surface area contributed by atoms with Crippen molar-refractivity contribution in [3.63, 3.8) is 0 Å². The van der Waals surface area contributed by atoms with Crippen LogP contribution >= 0.6 is 11.6 Å². The summed E-state index contributed by atoms with van der Waals surface area (Å²) in [4.78, 5) is 74.7. The van der Waals surface area contributed by atoms with Crippen molar-refractivity contribution in [3.05, 3.63) is 0 Å². The second kappa shape index (κ2) is 14.0. The number of hydrogen-bond acceptors (Lipinski definition) is 8. The summed E-state index contributed by atoms with van der Waals surface area (Å²) in [5.41, 5.74) is 0. The minimum Gasteiger partial charge on any atom is -0.469 e. The van der Waals surface area contributed by atoms with Gasteiger partial charge in [0.1, 0.15) is 12.1 Å². The number of alkyl halides is 1. The summed E-state index contributed by atoms with van der Waals surface area (Å²) < 4.78 is 4.45. The van der Waals surface area contributed by atoms with E-state index in [0.29, 0.717) is 19.4 Å². The number of Topliss-reactive ketones (excluding diaryl/α,β-unsaturated/α-hetero) is 1. The summed E-state index contributed by atoms with van der Waals surface area (Å²) >= 11 is 5.75. The topological polar surface area (TPSA) is 151 Å². The largest absolute Gasteiger partial charge is 0.469 e. The van der Waals surface area contributed by atoms with Gasteiger partial charge in [-0.2, -0.15) is 0 Å². The first-order valence-corrected chi connectivity index (χ1v) is 11.8. The predicted octanol–water partition coefficient (Wildman–Crippen LogP) is -0.111. The second-order valence-corrected chi connectivity index (χ2v) is 8.90. The maximum atomic E-state index is 12.8. The van der Waals surface area contributed by atoms with Crippen molar-refractivity contribution < 1.29 is 33.5 Å². The molecule has 1 saturated heterocycles. The molecule has 12 heteroatoms. The Morgan fingerprint density at radius 3 is 2.15 bits per heavy atom. The van der Waals surface area contributed by atoms with Gasteiger partial charge in [0, 0.05) is 6.42 Å². The van der Waals surface area contributed by atoms with Crippen molar-refractivity contribution in [1.29, 1.82) is 0 Å². The number of ether oxygens (including phenoxy) is 1. The van der Waals surface area contributed by atoms with Crippen molar-refractivity contribution in [2.75, 3.05) is 19.5 Å². The molecule has 0 bridgehead atoms. The first kappa shape index (κ1) is 29.5. The third-order valence-electron chi connectivity index (χ3n) is 5.60. The number of rotatable bonds is 12. The highest BCUT2D eigenvalue weighted by atomic mass is 35.5. The molecule has 0 aromatic rings. The van der Waals surface area contributed by atoms with Crippen LogP contribution in [0.15, 0.2) is 0 Å². The molecule has 1 aliphatic heterocycles. The van der Waals surface area contributed by atoms with Crippen LogP contribution in [0.2, 0.25) is 0 Å². The van der Waals surface area contributed by atoms with E-state index in [2.05, 4.69) is 20.7 Å². The SMILES string of the molecule is COC(=O)CCC(=O)N[C@@H](C)C(=O)N[C@@H](C)C(=O)NC(=O)[C@@H]1CCCN1[C@H](C(=O)CCl)C(C)C. The zero-order chi connectivity index (χ0) is 26.0. The van der Waals surface area contributed by atoms with E-state index < -0.39 is 53.8 Å². The van der Waals surface area contributed by atoms with Gasteiger partial charge in [-0.1, -0.05) is 13.8 Å². The van der Waals surface area contributed by atoms with Gasteiger partial charge in [-0.3, -0.25) is 39.0 Å². The number of carbonyl (C=O) groups excluding carboxylic acids is 6. The second-order valence-electron chi connectivity index (χ2n) is 8.63. The van der Waals surface area contributed by atoms with Crippen molar-refractivity contribution in [1.82, 2.24) is 20.9 Å². The fourth-order valence-corrected chi connectivity index (χ4v) is 3.99. The lowest BCUT2D eigenvalue weighted by molar-refractivity contribution is -0.142. The Balaban J connectivity index is 2.63. The third kappa shape index (κ3) is 8.68. The lowest BCUT2D eigenvalue weighted by Crippen LogP contribution is -2.56. The van der Waals surface area contributed by atoms with Crippen molar-refractivity contribution in [2.24, 2.45) is 5.92 Å². The summed E-state index contributed by atoms with van der Waals surface area (Å²) in [7, 11) is 1.21. The Labute approximate surface area is 204 Å². The first-order chi connectivity index (χ1) is 15.9. The number of carbonyl (C=O) groups is 6. The lowest BCUT2D eigenvalue weighted by atomic mass is 9.97. The van der Waals surface area contributed by atoms with Crippen molar-refractivity contribution in [2.45, 2.75) is 77.5 Å². The zero-order valence-electron chi connectivity index (χ0n) is 20.3.